The van der Waals surface area contributed by atoms with E-state index in [-0.39, 0.29) is 0 Å². The number of nitrogens with zero attached hydrogens (tertiary/aromatic N) is 8. The first kappa shape index (κ1) is 17.9. The summed E-state index contributed by atoms with van der Waals surface area (Å²) in [6.45, 7) is 3.80. The van der Waals surface area contributed by atoms with Gasteiger partial charge < -0.3 is 0 Å². The summed E-state index contributed by atoms with van der Waals surface area (Å²) >= 11 is 0. The van der Waals surface area contributed by atoms with Gasteiger partial charge in [-0.1, -0.05) is 18.2 Å². The molecule has 4 aromatic rings. The van der Waals surface area contributed by atoms with E-state index in [1.807, 2.05) is 61.5 Å². The van der Waals surface area contributed by atoms with Crippen LogP contribution in [-0.4, -0.2) is 40.1 Å². The Morgan fingerprint density at radius 3 is 2.14 bits per heavy atom. The maximum Gasteiger partial charge on any atom is 0.172 e. The molecular weight excluding hydrogens is 352 g/mol. The summed E-state index contributed by atoms with van der Waals surface area (Å²) in [6, 6.07) is 17.6. The van der Waals surface area contributed by atoms with Crippen molar-refractivity contribution in [3.05, 3.63) is 89.9 Å². The summed E-state index contributed by atoms with van der Waals surface area (Å²) in [4.78, 5) is 15.6. The van der Waals surface area contributed by atoms with Gasteiger partial charge in [-0.3, -0.25) is 14.9 Å². The van der Waals surface area contributed by atoms with Crippen LogP contribution in [0.25, 0.3) is 5.82 Å². The van der Waals surface area contributed by atoms with Crippen LogP contribution in [0.15, 0.2) is 67.0 Å². The van der Waals surface area contributed by atoms with E-state index >= 15 is 0 Å². The highest BCUT2D eigenvalue weighted by atomic mass is 15.6. The minimum Gasteiger partial charge on any atom is -0.284 e. The SMILES string of the molecule is Cc1cccc(-n2nnnc2CN(Cc2ccccn2)Cc2ccccn2)n1. The Kier molecular flexibility index (Phi) is 5.39. The van der Waals surface area contributed by atoms with E-state index in [0.717, 1.165) is 17.1 Å². The second-order valence-corrected chi connectivity index (χ2v) is 6.43. The molecule has 4 rings (SSSR count). The summed E-state index contributed by atoms with van der Waals surface area (Å²) < 4.78 is 1.68. The quantitative estimate of drug-likeness (QED) is 0.492. The molecule has 0 atom stereocenters. The topological polar surface area (TPSA) is 85.5 Å². The van der Waals surface area contributed by atoms with Crippen molar-refractivity contribution in [1.82, 2.24) is 40.1 Å². The minimum atomic E-state index is 0.537. The third-order valence-electron chi connectivity index (χ3n) is 4.21. The second-order valence-electron chi connectivity index (χ2n) is 6.43. The second kappa shape index (κ2) is 8.45. The van der Waals surface area contributed by atoms with Crippen molar-refractivity contribution in [2.24, 2.45) is 0 Å². The molecule has 28 heavy (non-hydrogen) atoms. The van der Waals surface area contributed by atoms with E-state index in [2.05, 4.69) is 35.4 Å². The lowest BCUT2D eigenvalue weighted by Crippen LogP contribution is -2.25. The Balaban J connectivity index is 1.60. The van der Waals surface area contributed by atoms with Crippen LogP contribution in [0.3, 0.4) is 0 Å². The summed E-state index contributed by atoms with van der Waals surface area (Å²) in [5.74, 6) is 1.42. The van der Waals surface area contributed by atoms with Crippen molar-refractivity contribution in [2.45, 2.75) is 26.6 Å². The molecule has 0 aliphatic heterocycles. The van der Waals surface area contributed by atoms with Crippen LogP contribution in [0.2, 0.25) is 0 Å². The Morgan fingerprint density at radius 1 is 0.821 bits per heavy atom. The van der Waals surface area contributed by atoms with E-state index in [4.69, 9.17) is 0 Å². The van der Waals surface area contributed by atoms with Gasteiger partial charge in [0.25, 0.3) is 0 Å². The van der Waals surface area contributed by atoms with Crippen molar-refractivity contribution in [3.8, 4) is 5.82 Å². The molecule has 0 aliphatic carbocycles. The van der Waals surface area contributed by atoms with Gasteiger partial charge in [-0.2, -0.15) is 4.68 Å². The fraction of sp³-hybridized carbons (Fsp3) is 0.200. The van der Waals surface area contributed by atoms with Crippen LogP contribution in [-0.2, 0) is 19.6 Å². The van der Waals surface area contributed by atoms with Crippen LogP contribution in [0.1, 0.15) is 22.9 Å². The zero-order chi connectivity index (χ0) is 19.2. The van der Waals surface area contributed by atoms with E-state index < -0.39 is 0 Å². The Labute approximate surface area is 162 Å². The molecule has 0 N–H and O–H groups in total. The predicted molar refractivity (Wildman–Crippen MR) is 103 cm³/mol. The van der Waals surface area contributed by atoms with E-state index in [0.29, 0.717) is 31.3 Å². The van der Waals surface area contributed by atoms with Gasteiger partial charge >= 0.3 is 0 Å². The lowest BCUT2D eigenvalue weighted by molar-refractivity contribution is 0.233. The number of pyridine rings is 3. The van der Waals surface area contributed by atoms with E-state index in [1.54, 1.807) is 17.1 Å². The molecule has 4 heterocycles. The standard InChI is InChI=1S/C20H20N8/c1-16-7-6-10-19(23-16)28-20(24-25-26-28)15-27(13-17-8-2-4-11-21-17)14-18-9-3-5-12-22-18/h2-12H,13-15H2,1H3. The van der Waals surface area contributed by atoms with Gasteiger partial charge in [0.2, 0.25) is 0 Å². The van der Waals surface area contributed by atoms with Crippen LogP contribution in [0.5, 0.6) is 0 Å². The third kappa shape index (κ3) is 4.41. The first-order chi connectivity index (χ1) is 13.8. The summed E-state index contributed by atoms with van der Waals surface area (Å²) in [7, 11) is 0. The molecule has 0 saturated heterocycles. The van der Waals surface area contributed by atoms with Crippen molar-refractivity contribution >= 4 is 0 Å². The van der Waals surface area contributed by atoms with Crippen molar-refractivity contribution in [3.63, 3.8) is 0 Å². The number of aromatic nitrogens is 7. The van der Waals surface area contributed by atoms with Crippen LogP contribution in [0.4, 0.5) is 0 Å². The van der Waals surface area contributed by atoms with Gasteiger partial charge in [0.05, 0.1) is 17.9 Å². The van der Waals surface area contributed by atoms with E-state index in [1.165, 1.54) is 0 Å². The lowest BCUT2D eigenvalue weighted by atomic mass is 10.3. The van der Waals surface area contributed by atoms with Gasteiger partial charge in [0.15, 0.2) is 11.6 Å². The molecule has 4 aromatic heterocycles. The fourth-order valence-corrected chi connectivity index (χ4v) is 2.94. The highest BCUT2D eigenvalue weighted by molar-refractivity contribution is 5.23. The zero-order valence-corrected chi connectivity index (χ0v) is 15.5. The normalized spacial score (nSPS) is 11.1. The monoisotopic (exact) mass is 372 g/mol. The van der Waals surface area contributed by atoms with Crippen LogP contribution in [0, 0.1) is 6.92 Å². The summed E-state index contributed by atoms with van der Waals surface area (Å²) in [5, 5.41) is 12.2. The molecule has 140 valence electrons. The average molecular weight is 372 g/mol. The first-order valence-electron chi connectivity index (χ1n) is 9.01. The summed E-state index contributed by atoms with van der Waals surface area (Å²) in [5.41, 5.74) is 2.87. The smallest absolute Gasteiger partial charge is 0.172 e. The molecule has 0 fully saturated rings. The molecule has 0 aliphatic rings. The van der Waals surface area contributed by atoms with E-state index in [9.17, 15) is 0 Å². The largest absolute Gasteiger partial charge is 0.284 e. The molecule has 0 aromatic carbocycles. The molecule has 8 heteroatoms. The molecule has 0 unspecified atom stereocenters. The number of rotatable bonds is 7. The molecule has 0 saturated carbocycles. The van der Waals surface area contributed by atoms with Crippen molar-refractivity contribution < 1.29 is 0 Å². The number of aryl methyl sites for hydroxylation is 1. The molecule has 0 bridgehead atoms. The third-order valence-corrected chi connectivity index (χ3v) is 4.21. The Bertz CT molecular complexity index is 975. The number of hydrogen-bond donors (Lipinski definition) is 0. The van der Waals surface area contributed by atoms with Crippen LogP contribution >= 0.6 is 0 Å². The van der Waals surface area contributed by atoms with Gasteiger partial charge in [-0.15, -0.1) is 5.10 Å². The maximum absolute atomic E-state index is 4.53. The summed E-state index contributed by atoms with van der Waals surface area (Å²) in [6.07, 6.45) is 3.60. The molecule has 0 amide bonds. The Morgan fingerprint density at radius 2 is 1.54 bits per heavy atom. The zero-order valence-electron chi connectivity index (χ0n) is 15.5. The van der Waals surface area contributed by atoms with Crippen molar-refractivity contribution in [1.29, 1.82) is 0 Å². The van der Waals surface area contributed by atoms with Gasteiger partial charge in [0.1, 0.15) is 0 Å². The van der Waals surface area contributed by atoms with Gasteiger partial charge in [-0.25, -0.2) is 4.98 Å². The lowest BCUT2D eigenvalue weighted by Gasteiger charge is -2.21. The minimum absolute atomic E-state index is 0.537. The molecule has 0 spiro atoms. The maximum atomic E-state index is 4.53. The number of hydrogen-bond acceptors (Lipinski definition) is 7. The van der Waals surface area contributed by atoms with Crippen molar-refractivity contribution in [2.75, 3.05) is 0 Å². The first-order valence-corrected chi connectivity index (χ1v) is 9.01. The predicted octanol–water partition coefficient (Wildman–Crippen LogP) is 2.36. The van der Waals surface area contributed by atoms with Gasteiger partial charge in [-0.05, 0) is 53.7 Å². The Hall–Kier alpha value is -3.52. The highest BCUT2D eigenvalue weighted by Gasteiger charge is 2.16. The highest BCUT2D eigenvalue weighted by Crippen LogP contribution is 2.13. The van der Waals surface area contributed by atoms with Crippen LogP contribution < -0.4 is 0 Å². The van der Waals surface area contributed by atoms with Gasteiger partial charge in [0, 0.05) is 31.2 Å². The average Bonchev–Trinajstić information content (AvgIpc) is 3.18. The molecule has 0 radical (unpaired) electrons. The fourth-order valence-electron chi connectivity index (χ4n) is 2.94. The number of tetrazole rings is 1. The molecular formula is C20H20N8. The molecule has 8 nitrogen and oxygen atoms in total.